The summed E-state index contributed by atoms with van der Waals surface area (Å²) >= 11 is 11.8. The van der Waals surface area contributed by atoms with Gasteiger partial charge in [0.2, 0.25) is 0 Å². The second-order valence-electron chi connectivity index (χ2n) is 5.69. The molecule has 0 radical (unpaired) electrons. The molecule has 3 aromatic rings. The zero-order valence-electron chi connectivity index (χ0n) is 14.1. The molecule has 0 saturated heterocycles. The maximum atomic E-state index is 12.3. The number of carbonyl (C=O) groups is 2. The predicted octanol–water partition coefficient (Wildman–Crippen LogP) is 5.51. The van der Waals surface area contributed by atoms with Crippen LogP contribution in [-0.2, 0) is 0 Å². The second kappa shape index (κ2) is 8.71. The molecular formula is C21H15Cl2NO3. The number of ketones is 1. The summed E-state index contributed by atoms with van der Waals surface area (Å²) in [6.07, 6.45) is 0. The molecule has 0 aromatic heterocycles. The highest BCUT2D eigenvalue weighted by molar-refractivity contribution is 6.42. The highest BCUT2D eigenvalue weighted by Crippen LogP contribution is 2.24. The monoisotopic (exact) mass is 399 g/mol. The van der Waals surface area contributed by atoms with Crippen LogP contribution in [0.4, 0.5) is 5.69 Å². The first kappa shape index (κ1) is 19.0. The molecule has 0 aliphatic rings. The van der Waals surface area contributed by atoms with Gasteiger partial charge in [-0.15, -0.1) is 0 Å². The molecule has 1 amide bonds. The number of nitrogens with one attached hydrogen (secondary N) is 1. The molecule has 0 saturated carbocycles. The van der Waals surface area contributed by atoms with Crippen LogP contribution in [0.3, 0.4) is 0 Å². The van der Waals surface area contributed by atoms with Crippen molar-refractivity contribution in [1.29, 1.82) is 0 Å². The van der Waals surface area contributed by atoms with Crippen molar-refractivity contribution >= 4 is 40.6 Å². The lowest BCUT2D eigenvalue weighted by molar-refractivity contribution is 0.0920. The van der Waals surface area contributed by atoms with Gasteiger partial charge < -0.3 is 10.1 Å². The summed E-state index contributed by atoms with van der Waals surface area (Å²) < 4.78 is 5.55. The highest BCUT2D eigenvalue weighted by Gasteiger charge is 2.10. The summed E-state index contributed by atoms with van der Waals surface area (Å²) in [5, 5.41) is 3.45. The molecule has 6 heteroatoms. The highest BCUT2D eigenvalue weighted by atomic mass is 35.5. The van der Waals surface area contributed by atoms with E-state index < -0.39 is 0 Å². The van der Waals surface area contributed by atoms with Crippen molar-refractivity contribution in [2.75, 3.05) is 11.9 Å². The molecule has 0 atom stereocenters. The molecular weight excluding hydrogens is 385 g/mol. The number of halogens is 2. The standard InChI is InChI=1S/C21H15Cl2NO3/c22-18-10-9-15(11-19(18)23)21(26)24-16-7-4-8-17(12-16)27-13-20(25)14-5-2-1-3-6-14/h1-12H,13H2,(H,24,26). The van der Waals surface area contributed by atoms with Gasteiger partial charge >= 0.3 is 0 Å². The molecule has 4 nitrogen and oxygen atoms in total. The molecule has 3 aromatic carbocycles. The number of anilines is 1. The quantitative estimate of drug-likeness (QED) is 0.556. The smallest absolute Gasteiger partial charge is 0.255 e. The molecule has 0 aliphatic carbocycles. The van der Waals surface area contributed by atoms with Gasteiger partial charge in [-0.2, -0.15) is 0 Å². The van der Waals surface area contributed by atoms with Gasteiger partial charge in [0.05, 0.1) is 10.0 Å². The lowest BCUT2D eigenvalue weighted by Gasteiger charge is -2.09. The number of hydrogen-bond donors (Lipinski definition) is 1. The Hall–Kier alpha value is -2.82. The first-order chi connectivity index (χ1) is 13.0. The van der Waals surface area contributed by atoms with Crippen molar-refractivity contribution < 1.29 is 14.3 Å². The van der Waals surface area contributed by atoms with Crippen molar-refractivity contribution in [1.82, 2.24) is 0 Å². The number of hydrogen-bond acceptors (Lipinski definition) is 3. The third-order valence-electron chi connectivity index (χ3n) is 3.74. The zero-order valence-corrected chi connectivity index (χ0v) is 15.6. The minimum absolute atomic E-state index is 0.0891. The maximum absolute atomic E-state index is 12.3. The van der Waals surface area contributed by atoms with Crippen molar-refractivity contribution in [2.45, 2.75) is 0 Å². The molecule has 136 valence electrons. The number of rotatable bonds is 6. The van der Waals surface area contributed by atoms with E-state index in [2.05, 4.69) is 5.32 Å². The third kappa shape index (κ3) is 5.09. The van der Waals surface area contributed by atoms with Gasteiger partial charge in [-0.3, -0.25) is 9.59 Å². The topological polar surface area (TPSA) is 55.4 Å². The van der Waals surface area contributed by atoms with Crippen LogP contribution in [-0.4, -0.2) is 18.3 Å². The van der Waals surface area contributed by atoms with Gasteiger partial charge in [-0.1, -0.05) is 59.6 Å². The van der Waals surface area contributed by atoms with Crippen LogP contribution in [0.15, 0.2) is 72.8 Å². The fourth-order valence-electron chi connectivity index (χ4n) is 2.36. The van der Waals surface area contributed by atoms with E-state index in [0.29, 0.717) is 32.6 Å². The van der Waals surface area contributed by atoms with Crippen LogP contribution in [0.5, 0.6) is 5.75 Å². The summed E-state index contributed by atoms with van der Waals surface area (Å²) in [6.45, 7) is -0.0891. The number of ether oxygens (including phenoxy) is 1. The van der Waals surface area contributed by atoms with Crippen molar-refractivity contribution in [2.24, 2.45) is 0 Å². The van der Waals surface area contributed by atoms with Crippen LogP contribution < -0.4 is 10.1 Å². The molecule has 1 N–H and O–H groups in total. The number of Topliss-reactive ketones (excluding diaryl/α,β-unsaturated/α-hetero) is 1. The molecule has 0 unspecified atom stereocenters. The van der Waals surface area contributed by atoms with Gasteiger partial charge in [-0.25, -0.2) is 0 Å². The minimum atomic E-state index is -0.328. The zero-order chi connectivity index (χ0) is 19.2. The second-order valence-corrected chi connectivity index (χ2v) is 6.50. The average Bonchev–Trinajstić information content (AvgIpc) is 2.69. The van der Waals surface area contributed by atoms with Crippen molar-refractivity contribution in [3.63, 3.8) is 0 Å². The van der Waals surface area contributed by atoms with E-state index in [1.807, 2.05) is 6.07 Å². The van der Waals surface area contributed by atoms with E-state index >= 15 is 0 Å². The predicted molar refractivity (Wildman–Crippen MR) is 107 cm³/mol. The first-order valence-corrected chi connectivity index (χ1v) is 8.86. The van der Waals surface area contributed by atoms with Gasteiger partial charge in [-0.05, 0) is 30.3 Å². The van der Waals surface area contributed by atoms with Crippen molar-refractivity contribution in [3.05, 3.63) is 94.0 Å². The van der Waals surface area contributed by atoms with E-state index in [0.717, 1.165) is 0 Å². The number of benzene rings is 3. The van der Waals surface area contributed by atoms with Crippen LogP contribution in [0, 0.1) is 0 Å². The lowest BCUT2D eigenvalue weighted by Crippen LogP contribution is -2.13. The molecule has 0 spiro atoms. The van der Waals surface area contributed by atoms with Crippen LogP contribution in [0.1, 0.15) is 20.7 Å². The summed E-state index contributed by atoms with van der Waals surface area (Å²) in [7, 11) is 0. The Labute approximate surface area is 166 Å². The Balaban J connectivity index is 1.64. The number of amides is 1. The minimum Gasteiger partial charge on any atom is -0.485 e. The van der Waals surface area contributed by atoms with Gasteiger partial charge in [0.25, 0.3) is 5.91 Å². The summed E-state index contributed by atoms with van der Waals surface area (Å²) in [4.78, 5) is 24.4. The third-order valence-corrected chi connectivity index (χ3v) is 4.48. The Kier molecular flexibility index (Phi) is 6.12. The molecule has 0 fully saturated rings. The van der Waals surface area contributed by atoms with Crippen molar-refractivity contribution in [3.8, 4) is 5.75 Å². The van der Waals surface area contributed by atoms with E-state index in [1.165, 1.54) is 6.07 Å². The van der Waals surface area contributed by atoms with E-state index in [9.17, 15) is 9.59 Å². The largest absolute Gasteiger partial charge is 0.485 e. The van der Waals surface area contributed by atoms with E-state index in [1.54, 1.807) is 60.7 Å². The summed E-state index contributed by atoms with van der Waals surface area (Å²) in [5.41, 5.74) is 1.51. The SMILES string of the molecule is O=C(COc1cccc(NC(=O)c2ccc(Cl)c(Cl)c2)c1)c1ccccc1. The Morgan fingerprint density at radius 2 is 1.59 bits per heavy atom. The summed E-state index contributed by atoms with van der Waals surface area (Å²) in [5.74, 6) is 0.0261. The molecule has 0 aliphatic heterocycles. The van der Waals surface area contributed by atoms with Crippen LogP contribution >= 0.6 is 23.2 Å². The van der Waals surface area contributed by atoms with E-state index in [-0.39, 0.29) is 18.3 Å². The Morgan fingerprint density at radius 1 is 0.815 bits per heavy atom. The average molecular weight is 400 g/mol. The van der Waals surface area contributed by atoms with Gasteiger partial charge in [0.15, 0.2) is 12.4 Å². The lowest BCUT2D eigenvalue weighted by atomic mass is 10.1. The van der Waals surface area contributed by atoms with Crippen LogP contribution in [0.25, 0.3) is 0 Å². The molecule has 0 bridgehead atoms. The summed E-state index contributed by atoms with van der Waals surface area (Å²) in [6, 6.07) is 20.4. The maximum Gasteiger partial charge on any atom is 0.255 e. The number of carbonyl (C=O) groups excluding carboxylic acids is 2. The molecule has 27 heavy (non-hydrogen) atoms. The Morgan fingerprint density at radius 3 is 2.33 bits per heavy atom. The van der Waals surface area contributed by atoms with Gasteiger partial charge in [0, 0.05) is 22.9 Å². The van der Waals surface area contributed by atoms with Crippen LogP contribution in [0.2, 0.25) is 10.0 Å². The fraction of sp³-hybridized carbons (Fsp3) is 0.0476. The first-order valence-electron chi connectivity index (χ1n) is 8.10. The fourth-order valence-corrected chi connectivity index (χ4v) is 2.66. The normalized spacial score (nSPS) is 10.3. The molecule has 3 rings (SSSR count). The molecule has 0 heterocycles. The Bertz CT molecular complexity index is 974. The van der Waals surface area contributed by atoms with Gasteiger partial charge in [0.1, 0.15) is 5.75 Å². The van der Waals surface area contributed by atoms with E-state index in [4.69, 9.17) is 27.9 Å².